The average Bonchev–Trinajstić information content (AvgIpc) is 3.03. The number of aliphatic hydroxyl groups excluding tert-OH is 1. The number of aromatic nitrogens is 2. The monoisotopic (exact) mass is 276 g/mol. The zero-order chi connectivity index (χ0) is 13.4. The van der Waals surface area contributed by atoms with Crippen LogP contribution in [0.4, 0.5) is 0 Å². The van der Waals surface area contributed by atoms with Gasteiger partial charge < -0.3 is 9.52 Å². The molecule has 1 aromatic carbocycles. The molecular weight excluding hydrogens is 264 g/mol. The van der Waals surface area contributed by atoms with E-state index in [0.717, 1.165) is 11.9 Å². The molecule has 3 rings (SSSR count). The molecule has 1 N–H and O–H groups in total. The van der Waals surface area contributed by atoms with Crippen LogP contribution in [0, 0.1) is 0 Å². The molecule has 1 atom stereocenters. The maximum atomic E-state index is 10.3. The smallest absolute Gasteiger partial charge is 0.140 e. The van der Waals surface area contributed by atoms with Crippen LogP contribution < -0.4 is 0 Å². The van der Waals surface area contributed by atoms with E-state index in [1.165, 1.54) is 0 Å². The van der Waals surface area contributed by atoms with Crippen molar-refractivity contribution in [2.45, 2.75) is 19.6 Å². The Balaban J connectivity index is 1.98. The van der Waals surface area contributed by atoms with E-state index in [1.54, 1.807) is 29.1 Å². The van der Waals surface area contributed by atoms with Crippen molar-refractivity contribution in [2.24, 2.45) is 0 Å². The molecule has 3 aromatic rings. The van der Waals surface area contributed by atoms with Gasteiger partial charge in [0.15, 0.2) is 0 Å². The topological polar surface area (TPSA) is 51.2 Å². The number of rotatable bonds is 3. The number of fused-ring (bicyclic) bond motifs is 1. The highest BCUT2D eigenvalue weighted by Crippen LogP contribution is 2.29. The van der Waals surface area contributed by atoms with E-state index in [2.05, 4.69) is 5.10 Å². The molecule has 0 saturated carbocycles. The van der Waals surface area contributed by atoms with Crippen molar-refractivity contribution in [3.8, 4) is 0 Å². The maximum Gasteiger partial charge on any atom is 0.140 e. The Hall–Kier alpha value is -1.78. The molecule has 2 heterocycles. The first kappa shape index (κ1) is 12.3. The summed E-state index contributed by atoms with van der Waals surface area (Å²) < 4.78 is 7.40. The van der Waals surface area contributed by atoms with Crippen LogP contribution in [-0.2, 0) is 6.54 Å². The highest BCUT2D eigenvalue weighted by atomic mass is 35.5. The van der Waals surface area contributed by atoms with Crippen molar-refractivity contribution < 1.29 is 9.52 Å². The van der Waals surface area contributed by atoms with Crippen molar-refractivity contribution in [2.75, 3.05) is 0 Å². The predicted octanol–water partition coefficient (Wildman–Crippen LogP) is 3.38. The Labute approximate surface area is 115 Å². The third kappa shape index (κ3) is 2.25. The lowest BCUT2D eigenvalue weighted by Crippen LogP contribution is -1.97. The standard InChI is InChI=1S/C14H13ClN2O2/c1-2-17-8-10(7-16-17)14(18)13-6-9-5-11(15)3-4-12(9)19-13/h3-8,14,18H,2H2,1H3. The lowest BCUT2D eigenvalue weighted by molar-refractivity contribution is 0.192. The van der Waals surface area contributed by atoms with Gasteiger partial charge in [-0.3, -0.25) is 4.68 Å². The predicted molar refractivity (Wildman–Crippen MR) is 73.2 cm³/mol. The summed E-state index contributed by atoms with van der Waals surface area (Å²) in [6, 6.07) is 7.17. The van der Waals surface area contributed by atoms with Crippen molar-refractivity contribution >= 4 is 22.6 Å². The average molecular weight is 277 g/mol. The largest absolute Gasteiger partial charge is 0.458 e. The molecule has 0 aliphatic rings. The first-order chi connectivity index (χ1) is 9.17. The van der Waals surface area contributed by atoms with Gasteiger partial charge in [0.05, 0.1) is 6.20 Å². The second-order valence-corrected chi connectivity index (χ2v) is 4.80. The summed E-state index contributed by atoms with van der Waals surface area (Å²) in [4.78, 5) is 0. The van der Waals surface area contributed by atoms with Crippen molar-refractivity contribution in [1.82, 2.24) is 9.78 Å². The van der Waals surface area contributed by atoms with E-state index in [4.69, 9.17) is 16.0 Å². The van der Waals surface area contributed by atoms with Gasteiger partial charge in [-0.15, -0.1) is 0 Å². The summed E-state index contributed by atoms with van der Waals surface area (Å²) in [6.45, 7) is 2.76. The van der Waals surface area contributed by atoms with Crippen molar-refractivity contribution in [3.63, 3.8) is 0 Å². The van der Waals surface area contributed by atoms with E-state index < -0.39 is 6.10 Å². The minimum absolute atomic E-state index is 0.493. The van der Waals surface area contributed by atoms with Crippen LogP contribution in [0.15, 0.2) is 41.1 Å². The molecule has 0 aliphatic carbocycles. The second-order valence-electron chi connectivity index (χ2n) is 4.36. The highest BCUT2D eigenvalue weighted by molar-refractivity contribution is 6.31. The zero-order valence-corrected chi connectivity index (χ0v) is 11.1. The van der Waals surface area contributed by atoms with Crippen molar-refractivity contribution in [1.29, 1.82) is 0 Å². The van der Waals surface area contributed by atoms with Crippen LogP contribution in [-0.4, -0.2) is 14.9 Å². The van der Waals surface area contributed by atoms with Gasteiger partial charge >= 0.3 is 0 Å². The summed E-state index contributed by atoms with van der Waals surface area (Å²) in [5.74, 6) is 0.493. The third-order valence-electron chi connectivity index (χ3n) is 3.06. The molecule has 19 heavy (non-hydrogen) atoms. The van der Waals surface area contributed by atoms with Crippen LogP contribution in [0.1, 0.15) is 24.4 Å². The summed E-state index contributed by atoms with van der Waals surface area (Å²) in [6.07, 6.45) is 2.64. The number of furan rings is 1. The lowest BCUT2D eigenvalue weighted by atomic mass is 10.1. The van der Waals surface area contributed by atoms with E-state index in [1.807, 2.05) is 19.2 Å². The Kier molecular flexibility index (Phi) is 3.05. The zero-order valence-electron chi connectivity index (χ0n) is 10.4. The van der Waals surface area contributed by atoms with Crippen LogP contribution >= 0.6 is 11.6 Å². The first-order valence-electron chi connectivity index (χ1n) is 6.07. The van der Waals surface area contributed by atoms with Gasteiger partial charge in [-0.05, 0) is 31.2 Å². The van der Waals surface area contributed by atoms with E-state index in [-0.39, 0.29) is 0 Å². The van der Waals surface area contributed by atoms with Gasteiger partial charge in [-0.1, -0.05) is 11.6 Å². The van der Waals surface area contributed by atoms with E-state index >= 15 is 0 Å². The Morgan fingerprint density at radius 3 is 3.00 bits per heavy atom. The highest BCUT2D eigenvalue weighted by Gasteiger charge is 2.17. The molecule has 1 unspecified atom stereocenters. The number of hydrogen-bond donors (Lipinski definition) is 1. The van der Waals surface area contributed by atoms with Crippen LogP contribution in [0.3, 0.4) is 0 Å². The number of halogens is 1. The molecule has 5 heteroatoms. The molecule has 0 saturated heterocycles. The molecule has 98 valence electrons. The summed E-state index contributed by atoms with van der Waals surface area (Å²) in [5, 5.41) is 16.0. The molecule has 0 radical (unpaired) electrons. The summed E-state index contributed by atoms with van der Waals surface area (Å²) in [7, 11) is 0. The molecule has 0 amide bonds. The van der Waals surface area contributed by atoms with Gasteiger partial charge in [0.2, 0.25) is 0 Å². The number of aliphatic hydroxyl groups is 1. The third-order valence-corrected chi connectivity index (χ3v) is 3.29. The van der Waals surface area contributed by atoms with Gasteiger partial charge in [-0.25, -0.2) is 0 Å². The minimum atomic E-state index is -0.813. The fourth-order valence-electron chi connectivity index (χ4n) is 2.03. The molecule has 2 aromatic heterocycles. The normalized spacial score (nSPS) is 13.0. The number of nitrogens with zero attached hydrogens (tertiary/aromatic N) is 2. The number of hydrogen-bond acceptors (Lipinski definition) is 3. The number of benzene rings is 1. The van der Waals surface area contributed by atoms with Crippen LogP contribution in [0.2, 0.25) is 5.02 Å². The van der Waals surface area contributed by atoms with Gasteiger partial charge in [-0.2, -0.15) is 5.10 Å². The molecular formula is C14H13ClN2O2. The van der Waals surface area contributed by atoms with Gasteiger partial charge in [0.1, 0.15) is 17.4 Å². The quantitative estimate of drug-likeness (QED) is 0.798. The second kappa shape index (κ2) is 4.72. The molecule has 0 spiro atoms. The Morgan fingerprint density at radius 1 is 1.42 bits per heavy atom. The van der Waals surface area contributed by atoms with Crippen molar-refractivity contribution in [3.05, 3.63) is 53.0 Å². The summed E-state index contributed by atoms with van der Waals surface area (Å²) >= 11 is 5.93. The fourth-order valence-corrected chi connectivity index (χ4v) is 2.21. The van der Waals surface area contributed by atoms with Crippen LogP contribution in [0.25, 0.3) is 11.0 Å². The summed E-state index contributed by atoms with van der Waals surface area (Å²) in [5.41, 5.74) is 1.42. The lowest BCUT2D eigenvalue weighted by Gasteiger charge is -2.03. The molecule has 4 nitrogen and oxygen atoms in total. The Morgan fingerprint density at radius 2 is 2.26 bits per heavy atom. The molecule has 0 bridgehead atoms. The van der Waals surface area contributed by atoms with Crippen LogP contribution in [0.5, 0.6) is 0 Å². The molecule has 0 aliphatic heterocycles. The van der Waals surface area contributed by atoms with E-state index in [9.17, 15) is 5.11 Å². The first-order valence-corrected chi connectivity index (χ1v) is 6.44. The van der Waals surface area contributed by atoms with E-state index in [0.29, 0.717) is 21.9 Å². The minimum Gasteiger partial charge on any atom is -0.458 e. The molecule has 0 fully saturated rings. The van der Waals surface area contributed by atoms with Gasteiger partial charge in [0.25, 0.3) is 0 Å². The maximum absolute atomic E-state index is 10.3. The Bertz CT molecular complexity index is 717. The van der Waals surface area contributed by atoms with Gasteiger partial charge in [0, 0.05) is 28.7 Å². The SMILES string of the molecule is CCn1cc(C(O)c2cc3cc(Cl)ccc3o2)cn1. The number of aryl methyl sites for hydroxylation is 1. The fraction of sp³-hybridized carbons (Fsp3) is 0.214.